The van der Waals surface area contributed by atoms with E-state index in [0.717, 1.165) is 25.2 Å². The molecule has 2 aliphatic heterocycles. The number of likely N-dealkylation sites (tertiary alicyclic amines) is 1. The Labute approximate surface area is 131 Å². The van der Waals surface area contributed by atoms with Crippen LogP contribution in [0.1, 0.15) is 31.4 Å². The lowest BCUT2D eigenvalue weighted by Crippen LogP contribution is -2.41. The summed E-state index contributed by atoms with van der Waals surface area (Å²) in [5.74, 6) is 0.298. The molecule has 0 aliphatic carbocycles. The summed E-state index contributed by atoms with van der Waals surface area (Å²) in [5, 5.41) is 0. The molecular formula is C14H22ClN3O2S. The molecule has 2 aliphatic rings. The number of H-pyrrole nitrogens is 1. The first kappa shape index (κ1) is 15.3. The van der Waals surface area contributed by atoms with Crippen LogP contribution in [0.15, 0.2) is 17.2 Å². The number of hydrogen-bond acceptors (Lipinski definition) is 3. The average Bonchev–Trinajstić information content (AvgIpc) is 3.18. The lowest BCUT2D eigenvalue weighted by molar-refractivity contribution is 0.169. The molecule has 0 aromatic carbocycles. The number of alkyl halides is 1. The van der Waals surface area contributed by atoms with Gasteiger partial charge in [0.25, 0.3) is 0 Å². The molecule has 3 rings (SSSR count). The van der Waals surface area contributed by atoms with Crippen molar-refractivity contribution >= 4 is 21.6 Å². The minimum atomic E-state index is -3.38. The molecular weight excluding hydrogens is 310 g/mol. The summed E-state index contributed by atoms with van der Waals surface area (Å²) >= 11 is 5.73. The number of aromatic amines is 1. The van der Waals surface area contributed by atoms with Crippen molar-refractivity contribution in [2.75, 3.05) is 26.2 Å². The van der Waals surface area contributed by atoms with Crippen molar-refractivity contribution in [2.24, 2.45) is 0 Å². The predicted molar refractivity (Wildman–Crippen MR) is 82.9 cm³/mol. The van der Waals surface area contributed by atoms with Gasteiger partial charge in [-0.25, -0.2) is 8.42 Å². The normalized spacial score (nSPS) is 25.5. The molecule has 2 saturated heterocycles. The van der Waals surface area contributed by atoms with Gasteiger partial charge in [-0.05, 0) is 38.4 Å². The monoisotopic (exact) mass is 331 g/mol. The first-order valence-corrected chi connectivity index (χ1v) is 9.56. The number of piperidine rings is 1. The number of aromatic nitrogens is 1. The van der Waals surface area contributed by atoms with Gasteiger partial charge in [-0.1, -0.05) is 6.42 Å². The van der Waals surface area contributed by atoms with Crippen molar-refractivity contribution in [1.82, 2.24) is 14.2 Å². The van der Waals surface area contributed by atoms with Crippen molar-refractivity contribution in [1.29, 1.82) is 0 Å². The van der Waals surface area contributed by atoms with E-state index in [1.807, 2.05) is 0 Å². The highest BCUT2D eigenvalue weighted by atomic mass is 35.5. The van der Waals surface area contributed by atoms with Gasteiger partial charge in [0.15, 0.2) is 0 Å². The van der Waals surface area contributed by atoms with Gasteiger partial charge in [-0.15, -0.1) is 11.6 Å². The fraction of sp³-hybridized carbons (Fsp3) is 0.714. The molecule has 0 bridgehead atoms. The van der Waals surface area contributed by atoms with Crippen LogP contribution < -0.4 is 0 Å². The smallest absolute Gasteiger partial charge is 0.244 e. The maximum atomic E-state index is 12.6. The summed E-state index contributed by atoms with van der Waals surface area (Å²) in [6.07, 6.45) is 6.25. The Kier molecular flexibility index (Phi) is 4.59. The van der Waals surface area contributed by atoms with Gasteiger partial charge in [0.1, 0.15) is 0 Å². The van der Waals surface area contributed by atoms with E-state index in [1.165, 1.54) is 19.3 Å². The van der Waals surface area contributed by atoms with Crippen LogP contribution in [0.25, 0.3) is 0 Å². The molecule has 21 heavy (non-hydrogen) atoms. The van der Waals surface area contributed by atoms with Crippen molar-refractivity contribution in [3.8, 4) is 0 Å². The molecule has 1 unspecified atom stereocenters. The zero-order valence-electron chi connectivity index (χ0n) is 12.1. The zero-order chi connectivity index (χ0) is 14.9. The van der Waals surface area contributed by atoms with Crippen LogP contribution in [0.4, 0.5) is 0 Å². The van der Waals surface area contributed by atoms with Crippen LogP contribution in [-0.2, 0) is 15.9 Å². The van der Waals surface area contributed by atoms with Gasteiger partial charge in [0, 0.05) is 31.0 Å². The lowest BCUT2D eigenvalue weighted by Gasteiger charge is -2.32. The fourth-order valence-corrected chi connectivity index (χ4v) is 4.97. The SMILES string of the molecule is O=S(=O)(c1c[nH]c(CCl)c1)N1CCC(N2CCCCC2)C1. The number of nitrogens with one attached hydrogen (secondary N) is 1. The molecule has 0 radical (unpaired) electrons. The molecule has 0 amide bonds. The van der Waals surface area contributed by atoms with Crippen molar-refractivity contribution < 1.29 is 8.42 Å². The Bertz CT molecular complexity index is 581. The zero-order valence-corrected chi connectivity index (χ0v) is 13.7. The van der Waals surface area contributed by atoms with Gasteiger partial charge in [-0.3, -0.25) is 4.90 Å². The molecule has 2 fully saturated rings. The number of rotatable bonds is 4. The van der Waals surface area contributed by atoms with Gasteiger partial charge < -0.3 is 4.98 Å². The highest BCUT2D eigenvalue weighted by Gasteiger charge is 2.35. The number of sulfonamides is 1. The van der Waals surface area contributed by atoms with E-state index in [4.69, 9.17) is 11.6 Å². The molecule has 1 aromatic rings. The summed E-state index contributed by atoms with van der Waals surface area (Å²) in [7, 11) is -3.38. The maximum Gasteiger partial charge on any atom is 0.244 e. The third-order valence-corrected chi connectivity index (χ3v) is 6.66. The van der Waals surface area contributed by atoms with E-state index in [0.29, 0.717) is 29.9 Å². The first-order valence-electron chi connectivity index (χ1n) is 7.59. The largest absolute Gasteiger partial charge is 0.363 e. The maximum absolute atomic E-state index is 12.6. The van der Waals surface area contributed by atoms with E-state index >= 15 is 0 Å². The molecule has 0 spiro atoms. The predicted octanol–water partition coefficient (Wildman–Crippen LogP) is 2.00. The standard InChI is InChI=1S/C14H22ClN3O2S/c15-9-12-8-14(10-16-12)21(19,20)18-7-4-13(11-18)17-5-2-1-3-6-17/h8,10,13,16H,1-7,9,11H2. The van der Waals surface area contributed by atoms with Crippen LogP contribution in [0.3, 0.4) is 0 Å². The summed E-state index contributed by atoms with van der Waals surface area (Å²) in [6.45, 7) is 3.45. The minimum Gasteiger partial charge on any atom is -0.363 e. The molecule has 5 nitrogen and oxygen atoms in total. The Hall–Kier alpha value is -0.560. The van der Waals surface area contributed by atoms with E-state index < -0.39 is 10.0 Å². The average molecular weight is 332 g/mol. The Morgan fingerprint density at radius 1 is 1.24 bits per heavy atom. The van der Waals surface area contributed by atoms with Crippen LogP contribution in [0.5, 0.6) is 0 Å². The third kappa shape index (κ3) is 3.13. The number of halogens is 1. The second-order valence-corrected chi connectivity index (χ2v) is 8.10. The topological polar surface area (TPSA) is 56.4 Å². The highest BCUT2D eigenvalue weighted by molar-refractivity contribution is 7.89. The molecule has 1 aromatic heterocycles. The van der Waals surface area contributed by atoms with Crippen molar-refractivity contribution in [3.63, 3.8) is 0 Å². The first-order chi connectivity index (χ1) is 10.1. The summed E-state index contributed by atoms with van der Waals surface area (Å²) in [6, 6.07) is 2.02. The Balaban J connectivity index is 1.69. The van der Waals surface area contributed by atoms with Crippen LogP contribution in [-0.4, -0.2) is 54.8 Å². The van der Waals surface area contributed by atoms with Gasteiger partial charge in [-0.2, -0.15) is 4.31 Å². The van der Waals surface area contributed by atoms with Crippen molar-refractivity contribution in [2.45, 2.75) is 42.5 Å². The lowest BCUT2D eigenvalue weighted by atomic mass is 10.1. The Morgan fingerprint density at radius 3 is 2.67 bits per heavy atom. The van der Waals surface area contributed by atoms with E-state index in [2.05, 4.69) is 9.88 Å². The van der Waals surface area contributed by atoms with E-state index in [1.54, 1.807) is 16.6 Å². The summed E-state index contributed by atoms with van der Waals surface area (Å²) in [4.78, 5) is 5.70. The van der Waals surface area contributed by atoms with Gasteiger partial charge in [0.2, 0.25) is 10.0 Å². The molecule has 7 heteroatoms. The molecule has 0 saturated carbocycles. The van der Waals surface area contributed by atoms with Crippen LogP contribution in [0.2, 0.25) is 0 Å². The molecule has 3 heterocycles. The fourth-order valence-electron chi connectivity index (χ4n) is 3.30. The summed E-state index contributed by atoms with van der Waals surface area (Å²) < 4.78 is 26.9. The number of nitrogens with zero attached hydrogens (tertiary/aromatic N) is 2. The highest BCUT2D eigenvalue weighted by Crippen LogP contribution is 2.26. The second-order valence-electron chi connectivity index (χ2n) is 5.90. The molecule has 118 valence electrons. The van der Waals surface area contributed by atoms with Crippen LogP contribution >= 0.6 is 11.6 Å². The Morgan fingerprint density at radius 2 is 2.00 bits per heavy atom. The van der Waals surface area contributed by atoms with Crippen LogP contribution in [0, 0.1) is 0 Å². The second kappa shape index (κ2) is 6.28. The van der Waals surface area contributed by atoms with Gasteiger partial charge in [0.05, 0.1) is 10.8 Å². The molecule has 1 atom stereocenters. The van der Waals surface area contributed by atoms with Gasteiger partial charge >= 0.3 is 0 Å². The van der Waals surface area contributed by atoms with E-state index in [9.17, 15) is 8.42 Å². The number of hydrogen-bond donors (Lipinski definition) is 1. The molecule has 1 N–H and O–H groups in total. The third-order valence-electron chi connectivity index (χ3n) is 4.53. The quantitative estimate of drug-likeness (QED) is 0.859. The van der Waals surface area contributed by atoms with E-state index in [-0.39, 0.29) is 0 Å². The summed E-state index contributed by atoms with van der Waals surface area (Å²) in [5.41, 5.74) is 0.738. The minimum absolute atomic E-state index is 0.298. The van der Waals surface area contributed by atoms with Crippen molar-refractivity contribution in [3.05, 3.63) is 18.0 Å².